The third kappa shape index (κ3) is 9.13. The van der Waals surface area contributed by atoms with Crippen molar-refractivity contribution in [3.8, 4) is 35.5 Å². The smallest absolute Gasteiger partial charge is 0.0270 e. The largest absolute Gasteiger partial charge is 0.0920 e. The molecule has 1 aromatic rings. The molecule has 0 spiro atoms. The van der Waals surface area contributed by atoms with Crippen LogP contribution in [-0.4, -0.2) is 0 Å². The Morgan fingerprint density at radius 3 is 0.833 bits per heavy atom. The molecule has 24 heavy (non-hydrogen) atoms. The lowest BCUT2D eigenvalue weighted by Gasteiger charge is -2.08. The van der Waals surface area contributed by atoms with Gasteiger partial charge in [0.15, 0.2) is 0 Å². The summed E-state index contributed by atoms with van der Waals surface area (Å²) in [6.07, 6.45) is 0. The summed E-state index contributed by atoms with van der Waals surface area (Å²) < 4.78 is 0. The highest BCUT2D eigenvalue weighted by Crippen LogP contribution is 2.16. The minimum Gasteiger partial charge on any atom is -0.0920 e. The SMILES string of the molecule is CC(C)(C)C#Cc1cc(C#CC(C)(C)C)cc(C#CC(C)(C)C)c1. The van der Waals surface area contributed by atoms with Crippen molar-refractivity contribution in [1.82, 2.24) is 0 Å². The molecule has 0 heterocycles. The first-order valence-corrected chi connectivity index (χ1v) is 8.48. The number of hydrogen-bond acceptors (Lipinski definition) is 0. The molecule has 0 aliphatic heterocycles. The molecule has 126 valence electrons. The maximum atomic E-state index is 3.29. The van der Waals surface area contributed by atoms with Crippen LogP contribution >= 0.6 is 0 Å². The number of hydrogen-bond donors (Lipinski definition) is 0. The lowest BCUT2D eigenvalue weighted by atomic mass is 9.95. The molecule has 0 amide bonds. The summed E-state index contributed by atoms with van der Waals surface area (Å²) in [5.74, 6) is 19.7. The van der Waals surface area contributed by atoms with Crippen LogP contribution in [0.5, 0.6) is 0 Å². The van der Waals surface area contributed by atoms with Gasteiger partial charge < -0.3 is 0 Å². The fourth-order valence-corrected chi connectivity index (χ4v) is 1.62. The van der Waals surface area contributed by atoms with E-state index in [9.17, 15) is 0 Å². The van der Waals surface area contributed by atoms with Crippen LogP contribution in [0, 0.1) is 51.8 Å². The molecule has 0 atom stereocenters. The van der Waals surface area contributed by atoms with E-state index in [1.807, 2.05) is 0 Å². The molecule has 1 rings (SSSR count). The maximum absolute atomic E-state index is 3.29. The highest BCUT2D eigenvalue weighted by atomic mass is 14.1. The fourth-order valence-electron chi connectivity index (χ4n) is 1.62. The monoisotopic (exact) mass is 318 g/mol. The van der Waals surface area contributed by atoms with E-state index in [4.69, 9.17) is 0 Å². The molecular weight excluding hydrogens is 288 g/mol. The third-order valence-corrected chi connectivity index (χ3v) is 2.68. The van der Waals surface area contributed by atoms with E-state index in [0.29, 0.717) is 0 Å². The third-order valence-electron chi connectivity index (χ3n) is 2.68. The summed E-state index contributed by atoms with van der Waals surface area (Å²) in [7, 11) is 0. The van der Waals surface area contributed by atoms with Crippen molar-refractivity contribution in [2.24, 2.45) is 16.2 Å². The summed E-state index contributed by atoms with van der Waals surface area (Å²) in [4.78, 5) is 0. The van der Waals surface area contributed by atoms with E-state index in [0.717, 1.165) is 16.7 Å². The lowest BCUT2D eigenvalue weighted by molar-refractivity contribution is 0.570. The van der Waals surface area contributed by atoms with Gasteiger partial charge in [-0.15, -0.1) is 0 Å². The predicted molar refractivity (Wildman–Crippen MR) is 105 cm³/mol. The first-order valence-electron chi connectivity index (χ1n) is 8.48. The molecule has 0 aromatic heterocycles. The Kier molecular flexibility index (Phi) is 5.99. The van der Waals surface area contributed by atoms with Crippen molar-refractivity contribution in [1.29, 1.82) is 0 Å². The van der Waals surface area contributed by atoms with Gasteiger partial charge in [-0.1, -0.05) is 35.5 Å². The molecule has 0 aliphatic carbocycles. The first kappa shape index (κ1) is 19.9. The van der Waals surface area contributed by atoms with Gasteiger partial charge in [-0.3, -0.25) is 0 Å². The van der Waals surface area contributed by atoms with E-state index >= 15 is 0 Å². The average molecular weight is 319 g/mol. The Labute approximate surface area is 149 Å². The predicted octanol–water partition coefficient (Wildman–Crippen LogP) is 5.88. The summed E-state index contributed by atoms with van der Waals surface area (Å²) >= 11 is 0. The lowest BCUT2D eigenvalue weighted by Crippen LogP contribution is -2.00. The Bertz CT molecular complexity index is 643. The maximum Gasteiger partial charge on any atom is 0.0270 e. The van der Waals surface area contributed by atoms with Gasteiger partial charge in [0.25, 0.3) is 0 Å². The normalized spacial score (nSPS) is 11.4. The van der Waals surface area contributed by atoms with Crippen molar-refractivity contribution in [3.63, 3.8) is 0 Å². The molecule has 0 nitrogen and oxygen atoms in total. The van der Waals surface area contributed by atoms with E-state index in [2.05, 4.69) is 116 Å². The van der Waals surface area contributed by atoms with Gasteiger partial charge in [-0.2, -0.15) is 0 Å². The van der Waals surface area contributed by atoms with Crippen LogP contribution in [0.3, 0.4) is 0 Å². The van der Waals surface area contributed by atoms with Gasteiger partial charge in [-0.25, -0.2) is 0 Å². The van der Waals surface area contributed by atoms with Crippen LogP contribution in [-0.2, 0) is 0 Å². The zero-order valence-electron chi connectivity index (χ0n) is 16.7. The van der Waals surface area contributed by atoms with Crippen molar-refractivity contribution < 1.29 is 0 Å². The van der Waals surface area contributed by atoms with Crippen LogP contribution in [0.15, 0.2) is 18.2 Å². The van der Waals surface area contributed by atoms with Gasteiger partial charge >= 0.3 is 0 Å². The van der Waals surface area contributed by atoms with Gasteiger partial charge in [0.1, 0.15) is 0 Å². The quantitative estimate of drug-likeness (QED) is 0.524. The Morgan fingerprint density at radius 2 is 0.667 bits per heavy atom. The highest BCUT2D eigenvalue weighted by Gasteiger charge is 2.06. The second kappa shape index (κ2) is 7.20. The van der Waals surface area contributed by atoms with Crippen LogP contribution in [0.2, 0.25) is 0 Å². The number of rotatable bonds is 0. The van der Waals surface area contributed by atoms with Gasteiger partial charge in [0.2, 0.25) is 0 Å². The minimum absolute atomic E-state index is 0.0235. The Hall–Kier alpha value is -2.10. The van der Waals surface area contributed by atoms with E-state index < -0.39 is 0 Å². The van der Waals surface area contributed by atoms with Crippen LogP contribution in [0.25, 0.3) is 0 Å². The van der Waals surface area contributed by atoms with Gasteiger partial charge in [-0.05, 0) is 80.5 Å². The van der Waals surface area contributed by atoms with Crippen molar-refractivity contribution >= 4 is 0 Å². The van der Waals surface area contributed by atoms with Gasteiger partial charge in [0.05, 0.1) is 0 Å². The standard InChI is InChI=1S/C24H30/c1-22(2,3)13-10-19-16-20(11-14-23(4,5)6)18-21(17-19)12-15-24(7,8)9/h16-18H,1-9H3. The second-order valence-electron chi connectivity index (χ2n) is 9.30. The summed E-state index contributed by atoms with van der Waals surface area (Å²) in [6, 6.07) is 6.17. The highest BCUT2D eigenvalue weighted by molar-refractivity contribution is 5.51. The summed E-state index contributed by atoms with van der Waals surface area (Å²) in [6.45, 7) is 19.0. The summed E-state index contributed by atoms with van der Waals surface area (Å²) in [5.41, 5.74) is 2.86. The summed E-state index contributed by atoms with van der Waals surface area (Å²) in [5, 5.41) is 0. The topological polar surface area (TPSA) is 0 Å². The molecule has 0 fully saturated rings. The van der Waals surface area contributed by atoms with Crippen LogP contribution in [0.1, 0.15) is 79.0 Å². The molecule has 0 aliphatic rings. The van der Waals surface area contributed by atoms with Gasteiger partial charge in [0, 0.05) is 32.9 Å². The van der Waals surface area contributed by atoms with Crippen LogP contribution < -0.4 is 0 Å². The zero-order chi connectivity index (χ0) is 18.6. The Balaban J connectivity index is 3.40. The molecule has 0 saturated carbocycles. The van der Waals surface area contributed by atoms with Crippen LogP contribution in [0.4, 0.5) is 0 Å². The molecule has 0 saturated heterocycles. The average Bonchev–Trinajstić information content (AvgIpc) is 2.38. The molecular formula is C24H30. The second-order valence-corrected chi connectivity index (χ2v) is 9.30. The molecule has 0 radical (unpaired) electrons. The molecule has 0 bridgehead atoms. The van der Waals surface area contributed by atoms with E-state index in [1.165, 1.54) is 0 Å². The van der Waals surface area contributed by atoms with E-state index in [1.54, 1.807) is 0 Å². The Morgan fingerprint density at radius 1 is 0.458 bits per heavy atom. The number of benzene rings is 1. The zero-order valence-corrected chi connectivity index (χ0v) is 16.7. The minimum atomic E-state index is -0.0235. The molecule has 1 aromatic carbocycles. The van der Waals surface area contributed by atoms with E-state index in [-0.39, 0.29) is 16.2 Å². The fraction of sp³-hybridized carbons (Fsp3) is 0.500. The van der Waals surface area contributed by atoms with Crippen molar-refractivity contribution in [3.05, 3.63) is 34.9 Å². The molecule has 0 heteroatoms. The van der Waals surface area contributed by atoms with Crippen molar-refractivity contribution in [2.45, 2.75) is 62.3 Å². The first-order chi connectivity index (χ1) is 10.7. The molecule has 0 N–H and O–H groups in total. The molecule has 0 unspecified atom stereocenters. The van der Waals surface area contributed by atoms with Crippen molar-refractivity contribution in [2.75, 3.05) is 0 Å².